The van der Waals surface area contributed by atoms with Gasteiger partial charge in [-0.25, -0.2) is 4.99 Å². The van der Waals surface area contributed by atoms with E-state index in [-0.39, 0.29) is 0 Å². The van der Waals surface area contributed by atoms with Crippen molar-refractivity contribution in [2.75, 3.05) is 0 Å². The lowest BCUT2D eigenvalue weighted by molar-refractivity contribution is 0.575. The molecule has 2 saturated carbocycles. The fourth-order valence-electron chi connectivity index (χ4n) is 5.25. The van der Waals surface area contributed by atoms with Crippen LogP contribution in [0.3, 0.4) is 0 Å². The van der Waals surface area contributed by atoms with Gasteiger partial charge >= 0.3 is 0 Å². The van der Waals surface area contributed by atoms with Crippen LogP contribution in [-0.4, -0.2) is 15.0 Å². The zero-order chi connectivity index (χ0) is 17.3. The van der Waals surface area contributed by atoms with Gasteiger partial charge < -0.3 is 0 Å². The van der Waals surface area contributed by atoms with Crippen LogP contribution in [0.2, 0.25) is 0 Å². The van der Waals surface area contributed by atoms with Crippen molar-refractivity contribution in [2.45, 2.75) is 87.5 Å². The highest BCUT2D eigenvalue weighted by atomic mass is 32.2. The first-order valence-electron chi connectivity index (χ1n) is 10.1. The molecule has 0 radical (unpaired) electrons. The normalized spacial score (nSPS) is 27.4. The zero-order valence-electron chi connectivity index (χ0n) is 15.4. The summed E-state index contributed by atoms with van der Waals surface area (Å²) in [6, 6.07) is 8.32. The zero-order valence-corrected chi connectivity index (χ0v) is 16.2. The number of hydrogen-bond donors (Lipinski definition) is 0. The standard InChI is InChI=1S/C22H29N2S/c1-2-18-15-17(16-23)9-10-20(18)24-21-11-14-22(12-5-6-13-22)25(21)19-7-3-4-8-19/h9-10,15,19H,2-8,11-14H2,1H3/q+1. The van der Waals surface area contributed by atoms with E-state index in [1.54, 1.807) is 0 Å². The van der Waals surface area contributed by atoms with E-state index in [4.69, 9.17) is 4.99 Å². The third kappa shape index (κ3) is 3.14. The van der Waals surface area contributed by atoms with E-state index in [0.29, 0.717) is 15.6 Å². The van der Waals surface area contributed by atoms with E-state index in [2.05, 4.69) is 19.1 Å². The van der Waals surface area contributed by atoms with E-state index < -0.39 is 0 Å². The van der Waals surface area contributed by atoms with Crippen molar-refractivity contribution in [3.05, 3.63) is 29.3 Å². The van der Waals surface area contributed by atoms with Crippen molar-refractivity contribution in [1.82, 2.24) is 0 Å². The molecule has 1 aromatic carbocycles. The van der Waals surface area contributed by atoms with Gasteiger partial charge in [-0.3, -0.25) is 0 Å². The molecule has 2 nitrogen and oxygen atoms in total. The molecule has 1 aromatic rings. The Morgan fingerprint density at radius 2 is 1.92 bits per heavy atom. The van der Waals surface area contributed by atoms with E-state index in [1.165, 1.54) is 74.8 Å². The van der Waals surface area contributed by atoms with Crippen LogP contribution >= 0.6 is 0 Å². The largest absolute Gasteiger partial charge is 0.224 e. The molecule has 1 saturated heterocycles. The van der Waals surface area contributed by atoms with Crippen LogP contribution in [0.25, 0.3) is 0 Å². The van der Waals surface area contributed by atoms with Gasteiger partial charge in [0.2, 0.25) is 5.04 Å². The predicted octanol–water partition coefficient (Wildman–Crippen LogP) is 5.82. The minimum Gasteiger partial charge on any atom is -0.206 e. The monoisotopic (exact) mass is 353 g/mol. The lowest BCUT2D eigenvalue weighted by Crippen LogP contribution is -2.40. The Hall–Kier alpha value is -1.27. The minimum absolute atomic E-state index is 0.393. The van der Waals surface area contributed by atoms with Gasteiger partial charge in [-0.2, -0.15) is 5.26 Å². The molecule has 2 aliphatic carbocycles. The first-order valence-corrected chi connectivity index (χ1v) is 11.4. The Morgan fingerprint density at radius 3 is 2.60 bits per heavy atom. The Labute approximate surface area is 155 Å². The number of hydrogen-bond acceptors (Lipinski definition) is 2. The Kier molecular flexibility index (Phi) is 4.91. The molecule has 3 fully saturated rings. The molecule has 1 aliphatic heterocycles. The van der Waals surface area contributed by atoms with Crippen LogP contribution in [-0.2, 0) is 17.3 Å². The summed E-state index contributed by atoms with van der Waals surface area (Å²) in [5.41, 5.74) is 3.12. The van der Waals surface area contributed by atoms with Crippen LogP contribution < -0.4 is 0 Å². The number of aryl methyl sites for hydroxylation is 1. The van der Waals surface area contributed by atoms with Gasteiger partial charge in [-0.1, -0.05) is 6.92 Å². The molecule has 0 N–H and O–H groups in total. The van der Waals surface area contributed by atoms with Crippen LogP contribution in [0.4, 0.5) is 5.69 Å². The Bertz CT molecular complexity index is 703. The number of nitrogens with zero attached hydrogens (tertiary/aromatic N) is 2. The predicted molar refractivity (Wildman–Crippen MR) is 108 cm³/mol. The second-order valence-electron chi connectivity index (χ2n) is 7.95. The molecule has 0 aromatic heterocycles. The molecule has 1 unspecified atom stereocenters. The van der Waals surface area contributed by atoms with Gasteiger partial charge in [0.15, 0.2) is 0 Å². The lowest BCUT2D eigenvalue weighted by Gasteiger charge is -2.25. The van der Waals surface area contributed by atoms with Crippen LogP contribution in [0.15, 0.2) is 23.2 Å². The summed E-state index contributed by atoms with van der Waals surface area (Å²) in [6.07, 6.45) is 15.0. The molecule has 3 aliphatic rings. The van der Waals surface area contributed by atoms with Crippen LogP contribution in [0.1, 0.15) is 82.3 Å². The minimum atomic E-state index is 0.393. The molecular weight excluding hydrogens is 324 g/mol. The van der Waals surface area contributed by atoms with Crippen molar-refractivity contribution < 1.29 is 0 Å². The first-order chi connectivity index (χ1) is 12.3. The van der Waals surface area contributed by atoms with Gasteiger partial charge in [0, 0.05) is 23.7 Å². The molecule has 0 amide bonds. The maximum Gasteiger partial charge on any atom is 0.224 e. The summed E-state index contributed by atoms with van der Waals surface area (Å²) < 4.78 is 0.604. The summed E-state index contributed by atoms with van der Waals surface area (Å²) in [6.45, 7) is 2.17. The molecule has 3 heteroatoms. The third-order valence-electron chi connectivity index (χ3n) is 6.50. The molecule has 1 spiro atoms. The number of rotatable bonds is 3. The highest BCUT2D eigenvalue weighted by Crippen LogP contribution is 2.52. The van der Waals surface area contributed by atoms with E-state index in [1.807, 2.05) is 12.1 Å². The van der Waals surface area contributed by atoms with Gasteiger partial charge in [0.25, 0.3) is 0 Å². The topological polar surface area (TPSA) is 36.1 Å². The van der Waals surface area contributed by atoms with E-state index >= 15 is 0 Å². The fourth-order valence-corrected chi connectivity index (χ4v) is 9.22. The fraction of sp³-hybridized carbons (Fsp3) is 0.636. The van der Waals surface area contributed by atoms with Gasteiger partial charge in [-0.05, 0) is 81.5 Å². The van der Waals surface area contributed by atoms with Crippen molar-refractivity contribution in [3.8, 4) is 6.07 Å². The van der Waals surface area contributed by atoms with Gasteiger partial charge in [0.1, 0.15) is 10.00 Å². The highest BCUT2D eigenvalue weighted by molar-refractivity contribution is 8.13. The Balaban J connectivity index is 1.71. The summed E-state index contributed by atoms with van der Waals surface area (Å²) in [7, 11) is 0.393. The summed E-state index contributed by atoms with van der Waals surface area (Å²) >= 11 is 0. The maximum absolute atomic E-state index is 9.17. The second kappa shape index (κ2) is 7.16. The number of aliphatic imine (C=N–C) groups is 1. The molecule has 4 rings (SSSR count). The van der Waals surface area contributed by atoms with Gasteiger partial charge in [-0.15, -0.1) is 0 Å². The van der Waals surface area contributed by atoms with Crippen molar-refractivity contribution in [3.63, 3.8) is 0 Å². The van der Waals surface area contributed by atoms with Crippen molar-refractivity contribution >= 4 is 21.6 Å². The molecule has 132 valence electrons. The molecular formula is C22H29N2S+. The lowest BCUT2D eigenvalue weighted by atomic mass is 10.0. The van der Waals surface area contributed by atoms with Crippen molar-refractivity contribution in [2.24, 2.45) is 4.99 Å². The Morgan fingerprint density at radius 1 is 1.16 bits per heavy atom. The third-order valence-corrected chi connectivity index (χ3v) is 9.99. The molecule has 1 heterocycles. The average molecular weight is 354 g/mol. The average Bonchev–Trinajstić information content (AvgIpc) is 3.38. The smallest absolute Gasteiger partial charge is 0.206 e. The number of benzene rings is 1. The number of nitriles is 1. The highest BCUT2D eigenvalue weighted by Gasteiger charge is 2.60. The molecule has 1 atom stereocenters. The first kappa shape index (κ1) is 17.2. The SMILES string of the molecule is CCc1cc(C#N)ccc1N=C1CCC2(CCCC2)[S+]1C1CCCC1. The van der Waals surface area contributed by atoms with Crippen LogP contribution in [0.5, 0.6) is 0 Å². The maximum atomic E-state index is 9.17. The summed E-state index contributed by atoms with van der Waals surface area (Å²) in [4.78, 5) is 5.27. The molecule has 25 heavy (non-hydrogen) atoms. The quantitative estimate of drug-likeness (QED) is 0.631. The van der Waals surface area contributed by atoms with Crippen LogP contribution in [0, 0.1) is 11.3 Å². The second-order valence-corrected chi connectivity index (χ2v) is 10.6. The van der Waals surface area contributed by atoms with E-state index in [0.717, 1.165) is 22.9 Å². The van der Waals surface area contributed by atoms with Gasteiger partial charge in [0.05, 0.1) is 17.3 Å². The van der Waals surface area contributed by atoms with E-state index in [9.17, 15) is 5.26 Å². The summed E-state index contributed by atoms with van der Waals surface area (Å²) in [5.74, 6) is 0. The summed E-state index contributed by atoms with van der Waals surface area (Å²) in [5, 5.41) is 11.6. The molecule has 0 bridgehead atoms. The van der Waals surface area contributed by atoms with Crippen molar-refractivity contribution in [1.29, 1.82) is 5.26 Å².